The van der Waals surface area contributed by atoms with E-state index in [9.17, 15) is 9.18 Å². The highest BCUT2D eigenvalue weighted by Crippen LogP contribution is 2.32. The van der Waals surface area contributed by atoms with E-state index < -0.39 is 0 Å². The number of hydrogen-bond donors (Lipinski definition) is 2. The molecule has 0 saturated carbocycles. The smallest absolute Gasteiger partial charge is 0.253 e. The minimum Gasteiger partial charge on any atom is -0.345 e. The molecule has 1 aliphatic rings. The number of benzene rings is 2. The minimum absolute atomic E-state index is 0.156. The third-order valence-corrected chi connectivity index (χ3v) is 6.14. The molecule has 0 aliphatic carbocycles. The van der Waals surface area contributed by atoms with Gasteiger partial charge in [-0.05, 0) is 89.2 Å². The fraction of sp³-hybridized carbons (Fsp3) is 0.231. The van der Waals surface area contributed by atoms with E-state index in [0.717, 1.165) is 47.1 Å². The van der Waals surface area contributed by atoms with E-state index in [1.807, 2.05) is 31.2 Å². The Morgan fingerprint density at radius 1 is 1.00 bits per heavy atom. The van der Waals surface area contributed by atoms with Crippen LogP contribution in [0.4, 0.5) is 4.39 Å². The Kier molecular flexibility index (Phi) is 7.12. The molecule has 4 nitrogen and oxygen atoms in total. The van der Waals surface area contributed by atoms with Crippen LogP contribution in [-0.2, 0) is 0 Å². The molecule has 32 heavy (non-hydrogen) atoms. The quantitative estimate of drug-likeness (QED) is 0.482. The standard InChI is InChI=1S/C26H25BrFN3O/c1-17(31-26(32)22-14-23(27)16-30-15-22)18-2-4-19(5-3-18)25(21-10-12-29-13-11-21)20-6-8-24(28)9-7-20/h2-9,14-17,29H,10-13H2,1H3,(H,31,32)/t17-/m1/s1. The maximum absolute atomic E-state index is 13.5. The van der Waals surface area contributed by atoms with Crippen LogP contribution in [0.15, 0.2) is 77.0 Å². The van der Waals surface area contributed by atoms with Gasteiger partial charge in [0.25, 0.3) is 5.91 Å². The van der Waals surface area contributed by atoms with Crippen molar-refractivity contribution >= 4 is 27.4 Å². The molecule has 1 atom stereocenters. The summed E-state index contributed by atoms with van der Waals surface area (Å²) in [6, 6.07) is 16.6. The number of amides is 1. The van der Waals surface area contributed by atoms with Crippen molar-refractivity contribution in [3.05, 3.63) is 105 Å². The van der Waals surface area contributed by atoms with Gasteiger partial charge in [0.05, 0.1) is 11.6 Å². The van der Waals surface area contributed by atoms with Crippen molar-refractivity contribution in [3.63, 3.8) is 0 Å². The summed E-state index contributed by atoms with van der Waals surface area (Å²) in [4.78, 5) is 16.6. The zero-order valence-corrected chi connectivity index (χ0v) is 19.5. The zero-order valence-electron chi connectivity index (χ0n) is 17.9. The van der Waals surface area contributed by atoms with Gasteiger partial charge in [0.15, 0.2) is 0 Å². The first-order chi connectivity index (χ1) is 15.5. The number of nitrogens with zero attached hydrogens (tertiary/aromatic N) is 1. The highest BCUT2D eigenvalue weighted by molar-refractivity contribution is 9.10. The molecule has 2 N–H and O–H groups in total. The lowest BCUT2D eigenvalue weighted by Gasteiger charge is -2.22. The second kappa shape index (κ2) is 10.2. The molecule has 1 aliphatic heterocycles. The van der Waals surface area contributed by atoms with Gasteiger partial charge in [0.1, 0.15) is 5.82 Å². The van der Waals surface area contributed by atoms with Crippen LogP contribution in [0.2, 0.25) is 0 Å². The lowest BCUT2D eigenvalue weighted by molar-refractivity contribution is 0.0939. The number of carbonyl (C=O) groups excluding carboxylic acids is 1. The first-order valence-corrected chi connectivity index (χ1v) is 11.5. The van der Waals surface area contributed by atoms with Crippen molar-refractivity contribution in [2.45, 2.75) is 25.8 Å². The maximum Gasteiger partial charge on any atom is 0.253 e. The van der Waals surface area contributed by atoms with E-state index in [1.165, 1.54) is 23.3 Å². The molecule has 6 heteroatoms. The van der Waals surface area contributed by atoms with Gasteiger partial charge in [0.2, 0.25) is 0 Å². The number of piperidine rings is 1. The molecular weight excluding hydrogens is 469 g/mol. The fourth-order valence-electron chi connectivity index (χ4n) is 4.01. The summed E-state index contributed by atoms with van der Waals surface area (Å²) in [6.45, 7) is 3.86. The molecule has 164 valence electrons. The van der Waals surface area contributed by atoms with Crippen molar-refractivity contribution in [1.82, 2.24) is 15.6 Å². The normalized spacial score (nSPS) is 14.7. The van der Waals surface area contributed by atoms with Crippen molar-refractivity contribution in [3.8, 4) is 0 Å². The number of halogens is 2. The second-order valence-corrected chi connectivity index (χ2v) is 8.86. The molecule has 0 bridgehead atoms. The molecule has 4 rings (SSSR count). The Morgan fingerprint density at radius 3 is 2.25 bits per heavy atom. The Morgan fingerprint density at radius 2 is 1.62 bits per heavy atom. The van der Waals surface area contributed by atoms with Crippen molar-refractivity contribution in [2.24, 2.45) is 0 Å². The van der Waals surface area contributed by atoms with E-state index >= 15 is 0 Å². The van der Waals surface area contributed by atoms with E-state index in [0.29, 0.717) is 5.56 Å². The number of aromatic nitrogens is 1. The molecule has 3 aromatic rings. The van der Waals surface area contributed by atoms with Crippen molar-refractivity contribution in [2.75, 3.05) is 13.1 Å². The monoisotopic (exact) mass is 493 g/mol. The van der Waals surface area contributed by atoms with Crippen LogP contribution in [-0.4, -0.2) is 24.0 Å². The molecule has 1 aromatic heterocycles. The van der Waals surface area contributed by atoms with Gasteiger partial charge in [-0.2, -0.15) is 0 Å². The Labute approximate surface area is 196 Å². The molecule has 2 heterocycles. The average Bonchev–Trinajstić information content (AvgIpc) is 2.81. The Bertz CT molecular complexity index is 1120. The van der Waals surface area contributed by atoms with Gasteiger partial charge in [-0.1, -0.05) is 42.0 Å². The topological polar surface area (TPSA) is 54.0 Å². The van der Waals surface area contributed by atoms with E-state index in [4.69, 9.17) is 0 Å². The molecular formula is C26H25BrFN3O. The van der Waals surface area contributed by atoms with Crippen molar-refractivity contribution in [1.29, 1.82) is 0 Å². The summed E-state index contributed by atoms with van der Waals surface area (Å²) in [5, 5.41) is 6.43. The predicted molar refractivity (Wildman–Crippen MR) is 129 cm³/mol. The molecule has 1 fully saturated rings. The lowest BCUT2D eigenvalue weighted by atomic mass is 9.88. The van der Waals surface area contributed by atoms with Crippen LogP contribution >= 0.6 is 15.9 Å². The maximum atomic E-state index is 13.5. The largest absolute Gasteiger partial charge is 0.345 e. The van der Waals surface area contributed by atoms with Crippen LogP contribution in [0.5, 0.6) is 0 Å². The van der Waals surface area contributed by atoms with Gasteiger partial charge >= 0.3 is 0 Å². The van der Waals surface area contributed by atoms with Crippen LogP contribution in [0, 0.1) is 5.82 Å². The summed E-state index contributed by atoms with van der Waals surface area (Å²) in [5.74, 6) is -0.400. The SMILES string of the molecule is C[C@@H](NC(=O)c1cncc(Br)c1)c1ccc(C(=C2CCNCC2)c2ccc(F)cc2)cc1. The van der Waals surface area contributed by atoms with Gasteiger partial charge in [-0.3, -0.25) is 9.78 Å². The zero-order chi connectivity index (χ0) is 22.5. The number of nitrogens with one attached hydrogen (secondary N) is 2. The van der Waals surface area contributed by atoms with Crippen LogP contribution in [0.1, 0.15) is 52.9 Å². The van der Waals surface area contributed by atoms with Gasteiger partial charge in [0, 0.05) is 16.9 Å². The van der Waals surface area contributed by atoms with Crippen LogP contribution in [0.3, 0.4) is 0 Å². The van der Waals surface area contributed by atoms with E-state index in [-0.39, 0.29) is 17.8 Å². The summed E-state index contributed by atoms with van der Waals surface area (Å²) >= 11 is 3.35. The van der Waals surface area contributed by atoms with Crippen LogP contribution < -0.4 is 10.6 Å². The molecule has 2 aromatic carbocycles. The lowest BCUT2D eigenvalue weighted by Crippen LogP contribution is -2.26. The van der Waals surface area contributed by atoms with E-state index in [2.05, 4.69) is 43.7 Å². The fourth-order valence-corrected chi connectivity index (χ4v) is 4.37. The first-order valence-electron chi connectivity index (χ1n) is 10.7. The van der Waals surface area contributed by atoms with Gasteiger partial charge < -0.3 is 10.6 Å². The van der Waals surface area contributed by atoms with Gasteiger partial charge in [-0.15, -0.1) is 0 Å². The second-order valence-electron chi connectivity index (χ2n) is 7.94. The summed E-state index contributed by atoms with van der Waals surface area (Å²) in [5.41, 5.74) is 6.21. The summed E-state index contributed by atoms with van der Waals surface area (Å²) in [6.07, 6.45) is 5.15. The highest BCUT2D eigenvalue weighted by Gasteiger charge is 2.16. The average molecular weight is 494 g/mol. The van der Waals surface area contributed by atoms with E-state index in [1.54, 1.807) is 18.5 Å². The van der Waals surface area contributed by atoms with Crippen molar-refractivity contribution < 1.29 is 9.18 Å². The first kappa shape index (κ1) is 22.4. The predicted octanol–water partition coefficient (Wildman–Crippen LogP) is 5.66. The number of rotatable bonds is 5. The molecule has 0 spiro atoms. The Balaban J connectivity index is 1.57. The minimum atomic E-state index is -0.232. The molecule has 0 unspecified atom stereocenters. The summed E-state index contributed by atoms with van der Waals surface area (Å²) < 4.78 is 14.3. The molecule has 1 saturated heterocycles. The number of carbonyl (C=O) groups is 1. The highest BCUT2D eigenvalue weighted by atomic mass is 79.9. The third kappa shape index (κ3) is 5.31. The third-order valence-electron chi connectivity index (χ3n) is 5.71. The number of hydrogen-bond acceptors (Lipinski definition) is 3. The summed E-state index contributed by atoms with van der Waals surface area (Å²) in [7, 11) is 0. The molecule has 1 amide bonds. The Hall–Kier alpha value is -2.83. The van der Waals surface area contributed by atoms with Crippen LogP contribution in [0.25, 0.3) is 5.57 Å². The molecule has 0 radical (unpaired) electrons. The number of pyridine rings is 1. The van der Waals surface area contributed by atoms with Gasteiger partial charge in [-0.25, -0.2) is 4.39 Å².